The van der Waals surface area contributed by atoms with Crippen LogP contribution in [0.15, 0.2) is 30.5 Å². The van der Waals surface area contributed by atoms with Crippen molar-refractivity contribution < 1.29 is 23.5 Å². The number of halogens is 3. The van der Waals surface area contributed by atoms with Crippen molar-refractivity contribution in [3.8, 4) is 0 Å². The van der Waals surface area contributed by atoms with Crippen LogP contribution in [-0.2, 0) is 24.5 Å². The number of fused-ring (bicyclic) bond motifs is 3. The number of aromatic nitrogens is 1. The van der Waals surface area contributed by atoms with Gasteiger partial charge in [-0.1, -0.05) is 49.2 Å². The maximum Gasteiger partial charge on any atom is 0.246 e. The van der Waals surface area contributed by atoms with Gasteiger partial charge in [-0.05, 0) is 61.6 Å². The van der Waals surface area contributed by atoms with Crippen LogP contribution in [-0.4, -0.2) is 53.0 Å². The first kappa shape index (κ1) is 29.3. The van der Waals surface area contributed by atoms with Crippen molar-refractivity contribution in [3.05, 3.63) is 57.6 Å². The zero-order valence-corrected chi connectivity index (χ0v) is 24.9. The van der Waals surface area contributed by atoms with Crippen LogP contribution in [0.3, 0.4) is 0 Å². The van der Waals surface area contributed by atoms with Gasteiger partial charge >= 0.3 is 0 Å². The van der Waals surface area contributed by atoms with E-state index in [0.717, 1.165) is 12.8 Å². The number of hydrogen-bond donors (Lipinski definition) is 4. The van der Waals surface area contributed by atoms with E-state index < -0.39 is 46.6 Å². The molecule has 9 nitrogen and oxygen atoms in total. The second kappa shape index (κ2) is 10.4. The van der Waals surface area contributed by atoms with E-state index in [9.17, 15) is 14.4 Å². The summed E-state index contributed by atoms with van der Waals surface area (Å²) in [4.78, 5) is 44.6. The minimum Gasteiger partial charge on any atom is -0.367 e. The van der Waals surface area contributed by atoms with Crippen LogP contribution in [0.5, 0.6) is 0 Å². The lowest BCUT2D eigenvalue weighted by molar-refractivity contribution is -0.134. The number of primary amides is 1. The minimum atomic E-state index is -1.38. The van der Waals surface area contributed by atoms with Gasteiger partial charge in [-0.2, -0.15) is 0 Å². The summed E-state index contributed by atoms with van der Waals surface area (Å²) in [5.74, 6) is -2.92. The topological polar surface area (TPSA) is 135 Å². The molecule has 1 saturated carbocycles. The summed E-state index contributed by atoms with van der Waals surface area (Å²) in [5.41, 5.74) is 4.38. The molecule has 12 heteroatoms. The molecule has 5 N–H and O–H groups in total. The molecule has 4 aliphatic rings. The van der Waals surface area contributed by atoms with E-state index in [1.165, 1.54) is 6.07 Å². The fourth-order valence-electron chi connectivity index (χ4n) is 7.68. The molecular formula is C30H34Cl2FN5O4. The Morgan fingerprint density at radius 3 is 2.57 bits per heavy atom. The van der Waals surface area contributed by atoms with Crippen molar-refractivity contribution >= 4 is 46.6 Å². The molecule has 5 atom stereocenters. The van der Waals surface area contributed by atoms with E-state index in [2.05, 4.69) is 34.8 Å². The zero-order chi connectivity index (χ0) is 30.0. The largest absolute Gasteiger partial charge is 0.367 e. The molecule has 1 aromatic carbocycles. The molecule has 224 valence electrons. The fourth-order valence-corrected chi connectivity index (χ4v) is 8.02. The minimum absolute atomic E-state index is 0.0256. The number of benzene rings is 1. The van der Waals surface area contributed by atoms with Gasteiger partial charge in [0.1, 0.15) is 22.5 Å². The van der Waals surface area contributed by atoms with E-state index in [0.29, 0.717) is 36.9 Å². The van der Waals surface area contributed by atoms with Gasteiger partial charge in [-0.3, -0.25) is 19.7 Å². The summed E-state index contributed by atoms with van der Waals surface area (Å²) < 4.78 is 21.6. The van der Waals surface area contributed by atoms with Crippen LogP contribution in [0.1, 0.15) is 69.4 Å². The number of nitrogens with zero attached hydrogens (tertiary/aromatic N) is 1. The number of nitrogens with two attached hydrogens (primary N) is 1. The van der Waals surface area contributed by atoms with Gasteiger partial charge in [0, 0.05) is 28.9 Å². The van der Waals surface area contributed by atoms with Gasteiger partial charge < -0.3 is 21.1 Å². The molecule has 6 rings (SSSR count). The number of ether oxygens (including phenoxy) is 1. The first-order valence-electron chi connectivity index (χ1n) is 14.3. The standard InChI is InChI=1S/C30H34Cl2FN5O4/c1-28(2)8-10-29(11-9-28)30(17-13-35-21(32)12-19(17)37-27(30)41)22(16-4-3-5-18(31)23(16)33)24(38-29)26(40)36-15-6-7-20(25(34)39)42-14-15/h3-5,12-13,15,20,22,24,38H,6-11,14H2,1-2H3,(H2,34,39)(H,36,40)(H,37,41)/t15-,20+,22?,24?,30?/m1/s1. The van der Waals surface area contributed by atoms with E-state index in [1.54, 1.807) is 24.4 Å². The van der Waals surface area contributed by atoms with Crippen LogP contribution < -0.4 is 21.7 Å². The molecular weight excluding hydrogens is 584 g/mol. The van der Waals surface area contributed by atoms with Crippen molar-refractivity contribution in [3.63, 3.8) is 0 Å². The van der Waals surface area contributed by atoms with E-state index >= 15 is 4.39 Å². The first-order chi connectivity index (χ1) is 19.9. The molecule has 3 amide bonds. The molecule has 2 saturated heterocycles. The summed E-state index contributed by atoms with van der Waals surface area (Å²) in [6, 6.07) is 4.88. The van der Waals surface area contributed by atoms with Crippen LogP contribution in [0.2, 0.25) is 10.2 Å². The normalized spacial score (nSPS) is 31.1. The number of carbonyl (C=O) groups is 3. The average Bonchev–Trinajstić information content (AvgIpc) is 3.40. The highest BCUT2D eigenvalue weighted by molar-refractivity contribution is 6.31. The monoisotopic (exact) mass is 617 g/mol. The zero-order valence-electron chi connectivity index (χ0n) is 23.4. The molecule has 0 bridgehead atoms. The van der Waals surface area contributed by atoms with Crippen molar-refractivity contribution in [1.82, 2.24) is 15.6 Å². The molecule has 42 heavy (non-hydrogen) atoms. The summed E-state index contributed by atoms with van der Waals surface area (Å²) in [5, 5.41) is 9.77. The molecule has 1 aliphatic carbocycles. The second-order valence-electron chi connectivity index (χ2n) is 12.8. The highest BCUT2D eigenvalue weighted by Crippen LogP contribution is 2.63. The molecule has 2 aromatic rings. The second-order valence-corrected chi connectivity index (χ2v) is 13.6. The van der Waals surface area contributed by atoms with Gasteiger partial charge in [0.25, 0.3) is 0 Å². The third kappa shape index (κ3) is 4.49. The van der Waals surface area contributed by atoms with Crippen molar-refractivity contribution in [2.24, 2.45) is 11.1 Å². The highest BCUT2D eigenvalue weighted by atomic mass is 35.5. The van der Waals surface area contributed by atoms with E-state index in [4.69, 9.17) is 33.7 Å². The molecule has 1 aromatic heterocycles. The Morgan fingerprint density at radius 1 is 1.17 bits per heavy atom. The summed E-state index contributed by atoms with van der Waals surface area (Å²) in [6.07, 6.45) is 4.45. The van der Waals surface area contributed by atoms with Gasteiger partial charge in [-0.15, -0.1) is 0 Å². The van der Waals surface area contributed by atoms with E-state index in [-0.39, 0.29) is 39.7 Å². The molecule has 4 heterocycles. The Kier molecular flexibility index (Phi) is 7.28. The number of anilines is 1. The molecule has 0 radical (unpaired) electrons. The van der Waals surface area contributed by atoms with Crippen molar-refractivity contribution in [2.75, 3.05) is 11.9 Å². The quantitative estimate of drug-likeness (QED) is 0.384. The SMILES string of the molecule is CC1(C)CCC2(CC1)NC(C(=O)N[C@@H]1CC[C@@H](C(N)=O)OC1)C(c1cccc(Cl)c1F)C21C(=O)Nc2cc(Cl)ncc21. The third-order valence-corrected chi connectivity index (χ3v) is 10.4. The Labute approximate surface area is 253 Å². The summed E-state index contributed by atoms with van der Waals surface area (Å²) >= 11 is 12.5. The lowest BCUT2D eigenvalue weighted by Gasteiger charge is -2.50. The first-order valence-corrected chi connectivity index (χ1v) is 15.0. The lowest BCUT2D eigenvalue weighted by atomic mass is 9.53. The Hall–Kier alpha value is -2.79. The lowest BCUT2D eigenvalue weighted by Crippen LogP contribution is -2.61. The van der Waals surface area contributed by atoms with Crippen LogP contribution in [0.4, 0.5) is 10.1 Å². The fraction of sp³-hybridized carbons (Fsp3) is 0.533. The predicted molar refractivity (Wildman–Crippen MR) is 156 cm³/mol. The molecule has 3 aliphatic heterocycles. The number of nitrogens with one attached hydrogen (secondary N) is 3. The Bertz CT molecular complexity index is 1450. The van der Waals surface area contributed by atoms with E-state index in [1.807, 2.05) is 0 Å². The van der Waals surface area contributed by atoms with Gasteiger partial charge in [0.05, 0.1) is 23.7 Å². The Morgan fingerprint density at radius 2 is 1.90 bits per heavy atom. The van der Waals surface area contributed by atoms with Crippen LogP contribution >= 0.6 is 23.2 Å². The van der Waals surface area contributed by atoms with Crippen LogP contribution in [0, 0.1) is 11.2 Å². The van der Waals surface area contributed by atoms with Crippen molar-refractivity contribution in [2.45, 2.75) is 87.4 Å². The van der Waals surface area contributed by atoms with Crippen LogP contribution in [0.25, 0.3) is 0 Å². The van der Waals surface area contributed by atoms with Crippen molar-refractivity contribution in [1.29, 1.82) is 0 Å². The number of rotatable bonds is 4. The average molecular weight is 619 g/mol. The molecule has 3 unspecified atom stereocenters. The summed E-state index contributed by atoms with van der Waals surface area (Å²) in [7, 11) is 0. The highest BCUT2D eigenvalue weighted by Gasteiger charge is 2.73. The number of hydrogen-bond acceptors (Lipinski definition) is 6. The smallest absolute Gasteiger partial charge is 0.246 e. The maximum absolute atomic E-state index is 16.0. The predicted octanol–water partition coefficient (Wildman–Crippen LogP) is 3.96. The number of carbonyl (C=O) groups excluding carboxylic acids is 3. The third-order valence-electron chi connectivity index (χ3n) is 9.88. The van der Waals surface area contributed by atoms with Gasteiger partial charge in [0.15, 0.2) is 0 Å². The maximum atomic E-state index is 16.0. The summed E-state index contributed by atoms with van der Waals surface area (Å²) in [6.45, 7) is 4.48. The number of amides is 3. The molecule has 3 fully saturated rings. The number of pyridine rings is 1. The Balaban J connectivity index is 1.49. The van der Waals surface area contributed by atoms with Gasteiger partial charge in [0.2, 0.25) is 17.7 Å². The molecule has 2 spiro atoms. The van der Waals surface area contributed by atoms with Gasteiger partial charge in [-0.25, -0.2) is 9.37 Å².